The Kier molecular flexibility index (Phi) is 6.03. The van der Waals surface area contributed by atoms with Crippen LogP contribution >= 0.6 is 0 Å². The number of methoxy groups -OCH3 is 1. The number of anilines is 2. The molecular formula is C23H25N5O4S. The van der Waals surface area contributed by atoms with Crippen molar-refractivity contribution in [2.75, 3.05) is 17.1 Å². The average molecular weight is 468 g/mol. The van der Waals surface area contributed by atoms with E-state index in [1.54, 1.807) is 50.4 Å². The average Bonchev–Trinajstić information content (AvgIpc) is 3.66. The Morgan fingerprint density at radius 3 is 2.45 bits per heavy atom. The summed E-state index contributed by atoms with van der Waals surface area (Å²) in [7, 11) is -1.90. The van der Waals surface area contributed by atoms with Gasteiger partial charge in [0.25, 0.3) is 0 Å². The lowest BCUT2D eigenvalue weighted by molar-refractivity contribution is -0.120. The summed E-state index contributed by atoms with van der Waals surface area (Å²) in [5.41, 5.74) is 1.55. The number of carbonyl (C=O) groups is 1. The van der Waals surface area contributed by atoms with Crippen LogP contribution < -0.4 is 14.8 Å². The molecule has 0 spiro atoms. The highest BCUT2D eigenvalue weighted by Crippen LogP contribution is 2.30. The number of sulfonamides is 1. The molecule has 1 fully saturated rings. The number of aromatic nitrogens is 3. The molecule has 172 valence electrons. The molecule has 0 unspecified atom stereocenters. The number of ether oxygens (including phenoxy) is 1. The van der Waals surface area contributed by atoms with E-state index in [2.05, 4.69) is 25.0 Å². The molecule has 33 heavy (non-hydrogen) atoms. The van der Waals surface area contributed by atoms with Crippen LogP contribution in [0.3, 0.4) is 0 Å². The molecule has 1 saturated carbocycles. The first-order chi connectivity index (χ1) is 15.7. The fourth-order valence-electron chi connectivity index (χ4n) is 3.16. The zero-order valence-electron chi connectivity index (χ0n) is 18.6. The first-order valence-electron chi connectivity index (χ1n) is 10.5. The van der Waals surface area contributed by atoms with Crippen molar-refractivity contribution >= 4 is 27.4 Å². The largest absolute Gasteiger partial charge is 0.480 e. The van der Waals surface area contributed by atoms with Crippen molar-refractivity contribution in [2.24, 2.45) is 0 Å². The number of rotatable bonds is 8. The number of hydrogen-bond acceptors (Lipinski definition) is 7. The predicted molar refractivity (Wildman–Crippen MR) is 125 cm³/mol. The summed E-state index contributed by atoms with van der Waals surface area (Å²) in [5, 5.41) is 2.54. The standard InChI is InChI=1S/C23H25N5O4S/c1-23(2,19-5-4-6-20(27-19)28-33(30,31)17-11-12-17)22(29)25-16-9-7-15(8-10-16)18-13-24-14-21(26-18)32-3/h4-10,13-14,17H,11-12H2,1-3H3,(H,25,29)(H,27,28). The molecular weight excluding hydrogens is 442 g/mol. The van der Waals surface area contributed by atoms with Gasteiger partial charge in [0.05, 0.1) is 41.6 Å². The Labute approximate surface area is 192 Å². The Morgan fingerprint density at radius 2 is 1.79 bits per heavy atom. The smallest absolute Gasteiger partial charge is 0.236 e. The maximum Gasteiger partial charge on any atom is 0.236 e. The van der Waals surface area contributed by atoms with E-state index in [1.165, 1.54) is 13.3 Å². The molecule has 1 amide bonds. The number of nitrogens with one attached hydrogen (secondary N) is 2. The van der Waals surface area contributed by atoms with Gasteiger partial charge in [0.15, 0.2) is 0 Å². The third kappa shape index (κ3) is 5.11. The molecule has 1 aromatic carbocycles. The summed E-state index contributed by atoms with van der Waals surface area (Å²) in [6, 6.07) is 12.2. The summed E-state index contributed by atoms with van der Waals surface area (Å²) >= 11 is 0. The second-order valence-corrected chi connectivity index (χ2v) is 10.3. The number of pyridine rings is 1. The van der Waals surface area contributed by atoms with Crippen LogP contribution in [0.1, 0.15) is 32.4 Å². The number of nitrogens with zero attached hydrogens (tertiary/aromatic N) is 3. The minimum absolute atomic E-state index is 0.212. The Morgan fingerprint density at radius 1 is 1.06 bits per heavy atom. The van der Waals surface area contributed by atoms with E-state index >= 15 is 0 Å². The van der Waals surface area contributed by atoms with Crippen LogP contribution in [0, 0.1) is 0 Å². The summed E-state index contributed by atoms with van der Waals surface area (Å²) < 4.78 is 32.1. The quantitative estimate of drug-likeness (QED) is 0.521. The Balaban J connectivity index is 1.48. The van der Waals surface area contributed by atoms with Crippen LogP contribution in [0.5, 0.6) is 5.88 Å². The van der Waals surface area contributed by atoms with E-state index in [1.807, 2.05) is 12.1 Å². The second kappa shape index (κ2) is 8.78. The molecule has 1 aliphatic carbocycles. The highest BCUT2D eigenvalue weighted by Gasteiger charge is 2.36. The highest BCUT2D eigenvalue weighted by atomic mass is 32.2. The summed E-state index contributed by atoms with van der Waals surface area (Å²) in [4.78, 5) is 25.9. The first-order valence-corrected chi connectivity index (χ1v) is 12.0. The minimum Gasteiger partial charge on any atom is -0.480 e. The van der Waals surface area contributed by atoms with Gasteiger partial charge in [-0.05, 0) is 51.0 Å². The Bertz CT molecular complexity index is 1270. The van der Waals surface area contributed by atoms with Crippen LogP contribution in [-0.2, 0) is 20.2 Å². The predicted octanol–water partition coefficient (Wildman–Crippen LogP) is 3.37. The van der Waals surface area contributed by atoms with Gasteiger partial charge in [0.2, 0.25) is 21.8 Å². The van der Waals surface area contributed by atoms with E-state index in [0.29, 0.717) is 35.8 Å². The van der Waals surface area contributed by atoms with Crippen molar-refractivity contribution in [3.8, 4) is 17.1 Å². The number of benzene rings is 1. The van der Waals surface area contributed by atoms with E-state index in [-0.39, 0.29) is 17.0 Å². The number of carbonyl (C=O) groups excluding carboxylic acids is 1. The van der Waals surface area contributed by atoms with Gasteiger partial charge in [0.1, 0.15) is 5.82 Å². The van der Waals surface area contributed by atoms with Crippen LogP contribution in [0.25, 0.3) is 11.3 Å². The second-order valence-electron chi connectivity index (χ2n) is 8.36. The lowest BCUT2D eigenvalue weighted by atomic mass is 9.87. The van der Waals surface area contributed by atoms with E-state index in [9.17, 15) is 13.2 Å². The molecule has 0 aliphatic heterocycles. The van der Waals surface area contributed by atoms with Crippen molar-refractivity contribution < 1.29 is 17.9 Å². The van der Waals surface area contributed by atoms with Gasteiger partial charge < -0.3 is 10.1 Å². The van der Waals surface area contributed by atoms with Gasteiger partial charge in [-0.3, -0.25) is 14.5 Å². The van der Waals surface area contributed by atoms with Crippen molar-refractivity contribution in [2.45, 2.75) is 37.4 Å². The molecule has 0 saturated heterocycles. The van der Waals surface area contributed by atoms with Gasteiger partial charge in [0, 0.05) is 11.3 Å². The van der Waals surface area contributed by atoms with Crippen molar-refractivity contribution in [3.63, 3.8) is 0 Å². The Hall–Kier alpha value is -3.53. The van der Waals surface area contributed by atoms with E-state index < -0.39 is 15.4 Å². The van der Waals surface area contributed by atoms with Gasteiger partial charge in [-0.1, -0.05) is 18.2 Å². The molecule has 2 aromatic heterocycles. The summed E-state index contributed by atoms with van der Waals surface area (Å²) in [6.07, 6.45) is 4.48. The van der Waals surface area contributed by atoms with E-state index in [0.717, 1.165) is 5.56 Å². The topological polar surface area (TPSA) is 123 Å². The molecule has 0 atom stereocenters. The number of amides is 1. The zero-order chi connectivity index (χ0) is 23.6. The van der Waals surface area contributed by atoms with Gasteiger partial charge in [-0.15, -0.1) is 0 Å². The lowest BCUT2D eigenvalue weighted by Gasteiger charge is -2.23. The van der Waals surface area contributed by atoms with Crippen LogP contribution in [0.15, 0.2) is 54.9 Å². The molecule has 0 radical (unpaired) electrons. The molecule has 10 heteroatoms. The third-order valence-corrected chi connectivity index (χ3v) is 7.27. The van der Waals surface area contributed by atoms with Gasteiger partial charge in [-0.25, -0.2) is 18.4 Å². The van der Waals surface area contributed by atoms with Crippen molar-refractivity contribution in [1.29, 1.82) is 0 Å². The molecule has 4 rings (SSSR count). The van der Waals surface area contributed by atoms with Gasteiger partial charge in [-0.2, -0.15) is 0 Å². The van der Waals surface area contributed by atoms with Crippen LogP contribution in [0.4, 0.5) is 11.5 Å². The lowest BCUT2D eigenvalue weighted by Crippen LogP contribution is -2.35. The molecule has 2 N–H and O–H groups in total. The molecule has 9 nitrogen and oxygen atoms in total. The first kappa shape index (κ1) is 22.7. The zero-order valence-corrected chi connectivity index (χ0v) is 19.4. The fourth-order valence-corrected chi connectivity index (χ4v) is 4.49. The van der Waals surface area contributed by atoms with Crippen LogP contribution in [-0.4, -0.2) is 41.6 Å². The summed E-state index contributed by atoms with van der Waals surface area (Å²) in [5.74, 6) is 0.357. The van der Waals surface area contributed by atoms with Crippen molar-refractivity contribution in [3.05, 3.63) is 60.6 Å². The maximum atomic E-state index is 13.1. The molecule has 2 heterocycles. The maximum absolute atomic E-state index is 13.1. The molecule has 0 bridgehead atoms. The third-order valence-electron chi connectivity index (χ3n) is 5.43. The normalized spacial score (nSPS) is 13.9. The minimum atomic E-state index is -3.43. The summed E-state index contributed by atoms with van der Waals surface area (Å²) in [6.45, 7) is 3.48. The van der Waals surface area contributed by atoms with Crippen molar-refractivity contribution in [1.82, 2.24) is 15.0 Å². The van der Waals surface area contributed by atoms with Crippen LogP contribution in [0.2, 0.25) is 0 Å². The number of hydrogen-bond donors (Lipinski definition) is 2. The fraction of sp³-hybridized carbons (Fsp3) is 0.304. The van der Waals surface area contributed by atoms with E-state index in [4.69, 9.17) is 4.74 Å². The highest BCUT2D eigenvalue weighted by molar-refractivity contribution is 7.93. The molecule has 3 aromatic rings. The van der Waals surface area contributed by atoms with Gasteiger partial charge >= 0.3 is 0 Å². The SMILES string of the molecule is COc1cncc(-c2ccc(NC(=O)C(C)(C)c3cccc(NS(=O)(=O)C4CC4)n3)cc2)n1. The molecule has 1 aliphatic rings. The monoisotopic (exact) mass is 467 g/mol.